The molecule has 1 amide bonds. The van der Waals surface area contributed by atoms with Crippen LogP contribution in [0.25, 0.3) is 0 Å². The molecule has 19 heavy (non-hydrogen) atoms. The standard InChI is InChI=1S/C16H24N2O/c1-4-18(12-13(2)3)16(19)15(17)11-10-14-8-6-5-7-9-14/h5-9,15H,2,4,10-12,17H2,1,3H3. The first-order valence-electron chi connectivity index (χ1n) is 6.77. The third kappa shape index (κ3) is 5.26. The molecule has 0 aliphatic heterocycles. The van der Waals surface area contributed by atoms with Gasteiger partial charge in [0.2, 0.25) is 5.91 Å². The molecule has 1 aromatic rings. The SMILES string of the molecule is C=C(C)CN(CC)C(=O)C(N)CCc1ccccc1. The quantitative estimate of drug-likeness (QED) is 0.765. The highest BCUT2D eigenvalue weighted by molar-refractivity contribution is 5.81. The largest absolute Gasteiger partial charge is 0.338 e. The molecule has 2 N–H and O–H groups in total. The van der Waals surface area contributed by atoms with Crippen LogP contribution in [0.4, 0.5) is 0 Å². The van der Waals surface area contributed by atoms with Crippen molar-refractivity contribution in [3.63, 3.8) is 0 Å². The van der Waals surface area contributed by atoms with E-state index in [0.717, 1.165) is 12.0 Å². The van der Waals surface area contributed by atoms with Crippen LogP contribution in [0.3, 0.4) is 0 Å². The number of benzene rings is 1. The van der Waals surface area contributed by atoms with E-state index >= 15 is 0 Å². The Hall–Kier alpha value is -1.61. The average Bonchev–Trinajstić information content (AvgIpc) is 2.42. The summed E-state index contributed by atoms with van der Waals surface area (Å²) in [4.78, 5) is 14.0. The van der Waals surface area contributed by atoms with Crippen LogP contribution < -0.4 is 5.73 Å². The number of aryl methyl sites for hydroxylation is 1. The fraction of sp³-hybridized carbons (Fsp3) is 0.438. The van der Waals surface area contributed by atoms with Crippen LogP contribution in [-0.4, -0.2) is 29.9 Å². The van der Waals surface area contributed by atoms with Crippen LogP contribution in [0.15, 0.2) is 42.5 Å². The van der Waals surface area contributed by atoms with E-state index in [1.54, 1.807) is 4.90 Å². The molecule has 1 atom stereocenters. The number of nitrogens with two attached hydrogens (primary N) is 1. The van der Waals surface area contributed by atoms with Crippen molar-refractivity contribution in [1.82, 2.24) is 4.90 Å². The summed E-state index contributed by atoms with van der Waals surface area (Å²) in [5.41, 5.74) is 8.19. The zero-order valence-corrected chi connectivity index (χ0v) is 11.9. The number of carbonyl (C=O) groups is 1. The first-order valence-corrected chi connectivity index (χ1v) is 6.77. The maximum absolute atomic E-state index is 12.2. The van der Waals surface area contributed by atoms with Crippen LogP contribution in [0, 0.1) is 0 Å². The van der Waals surface area contributed by atoms with Crippen molar-refractivity contribution in [2.75, 3.05) is 13.1 Å². The Balaban J connectivity index is 2.49. The Morgan fingerprint density at radius 1 is 1.37 bits per heavy atom. The van der Waals surface area contributed by atoms with Crippen molar-refractivity contribution >= 4 is 5.91 Å². The molecule has 0 bridgehead atoms. The number of carbonyl (C=O) groups excluding carboxylic acids is 1. The Morgan fingerprint density at radius 2 is 2.00 bits per heavy atom. The summed E-state index contributed by atoms with van der Waals surface area (Å²) in [7, 11) is 0. The summed E-state index contributed by atoms with van der Waals surface area (Å²) >= 11 is 0. The van der Waals surface area contributed by atoms with Crippen molar-refractivity contribution in [3.05, 3.63) is 48.0 Å². The lowest BCUT2D eigenvalue weighted by atomic mass is 10.0. The van der Waals surface area contributed by atoms with Crippen molar-refractivity contribution in [2.45, 2.75) is 32.7 Å². The summed E-state index contributed by atoms with van der Waals surface area (Å²) in [5, 5.41) is 0. The van der Waals surface area contributed by atoms with Gasteiger partial charge in [-0.1, -0.05) is 42.5 Å². The van der Waals surface area contributed by atoms with Gasteiger partial charge in [-0.05, 0) is 32.3 Å². The second-order valence-electron chi connectivity index (χ2n) is 4.94. The Kier molecular flexibility index (Phi) is 6.30. The molecule has 1 aromatic carbocycles. The maximum atomic E-state index is 12.2. The lowest BCUT2D eigenvalue weighted by Crippen LogP contribution is -2.44. The topological polar surface area (TPSA) is 46.3 Å². The number of nitrogens with zero attached hydrogens (tertiary/aromatic N) is 1. The molecule has 3 heteroatoms. The molecule has 0 heterocycles. The molecule has 0 spiro atoms. The highest BCUT2D eigenvalue weighted by atomic mass is 16.2. The molecule has 0 aliphatic carbocycles. The lowest BCUT2D eigenvalue weighted by molar-refractivity contribution is -0.132. The predicted molar refractivity (Wildman–Crippen MR) is 79.8 cm³/mol. The molecule has 0 aliphatic rings. The fourth-order valence-corrected chi connectivity index (χ4v) is 2.00. The maximum Gasteiger partial charge on any atom is 0.239 e. The van der Waals surface area contributed by atoms with Crippen LogP contribution in [0.1, 0.15) is 25.8 Å². The van der Waals surface area contributed by atoms with Crippen molar-refractivity contribution in [1.29, 1.82) is 0 Å². The molecule has 0 radical (unpaired) electrons. The van der Waals surface area contributed by atoms with E-state index < -0.39 is 6.04 Å². The van der Waals surface area contributed by atoms with Gasteiger partial charge in [0.05, 0.1) is 6.04 Å². The molecule has 3 nitrogen and oxygen atoms in total. The van der Waals surface area contributed by atoms with Gasteiger partial charge < -0.3 is 10.6 Å². The molecule has 0 saturated heterocycles. The Morgan fingerprint density at radius 3 is 2.53 bits per heavy atom. The number of likely N-dealkylation sites (N-methyl/N-ethyl adjacent to an activating group) is 1. The van der Waals surface area contributed by atoms with Gasteiger partial charge >= 0.3 is 0 Å². The number of hydrogen-bond donors (Lipinski definition) is 1. The van der Waals surface area contributed by atoms with E-state index in [-0.39, 0.29) is 5.91 Å². The summed E-state index contributed by atoms with van der Waals surface area (Å²) in [6.07, 6.45) is 1.51. The second-order valence-corrected chi connectivity index (χ2v) is 4.94. The smallest absolute Gasteiger partial charge is 0.239 e. The van der Waals surface area contributed by atoms with Gasteiger partial charge in [0, 0.05) is 13.1 Å². The summed E-state index contributed by atoms with van der Waals surface area (Å²) < 4.78 is 0. The predicted octanol–water partition coefficient (Wildman–Crippen LogP) is 2.37. The number of amides is 1. The molecule has 0 aromatic heterocycles. The molecule has 1 unspecified atom stereocenters. The second kappa shape index (κ2) is 7.74. The summed E-state index contributed by atoms with van der Waals surface area (Å²) in [5.74, 6) is 0.0152. The summed E-state index contributed by atoms with van der Waals surface area (Å²) in [6, 6.07) is 9.68. The highest BCUT2D eigenvalue weighted by Crippen LogP contribution is 2.07. The van der Waals surface area contributed by atoms with Gasteiger partial charge in [-0.3, -0.25) is 4.79 Å². The monoisotopic (exact) mass is 260 g/mol. The minimum absolute atomic E-state index is 0.0152. The average molecular weight is 260 g/mol. The molecule has 1 rings (SSSR count). The first kappa shape index (κ1) is 15.4. The Bertz CT molecular complexity index is 414. The van der Waals surface area contributed by atoms with Gasteiger partial charge in [-0.25, -0.2) is 0 Å². The fourth-order valence-electron chi connectivity index (χ4n) is 2.00. The van der Waals surface area contributed by atoms with E-state index in [1.165, 1.54) is 5.56 Å². The van der Waals surface area contributed by atoms with Gasteiger partial charge in [-0.15, -0.1) is 0 Å². The van der Waals surface area contributed by atoms with Crippen molar-refractivity contribution < 1.29 is 4.79 Å². The van der Waals surface area contributed by atoms with E-state index in [2.05, 4.69) is 18.7 Å². The molecule has 0 fully saturated rings. The molecule has 0 saturated carbocycles. The van der Waals surface area contributed by atoms with Crippen molar-refractivity contribution in [2.24, 2.45) is 5.73 Å². The van der Waals surface area contributed by atoms with Gasteiger partial charge in [0.25, 0.3) is 0 Å². The lowest BCUT2D eigenvalue weighted by Gasteiger charge is -2.24. The summed E-state index contributed by atoms with van der Waals surface area (Å²) in [6.45, 7) is 8.99. The van der Waals surface area contributed by atoms with Crippen LogP contribution in [0.5, 0.6) is 0 Å². The van der Waals surface area contributed by atoms with Crippen molar-refractivity contribution in [3.8, 4) is 0 Å². The van der Waals surface area contributed by atoms with Crippen LogP contribution in [0.2, 0.25) is 0 Å². The Labute approximate surface area is 116 Å². The minimum Gasteiger partial charge on any atom is -0.338 e. The normalized spacial score (nSPS) is 11.9. The first-order chi connectivity index (χ1) is 9.04. The van der Waals surface area contributed by atoms with Gasteiger partial charge in [0.15, 0.2) is 0 Å². The van der Waals surface area contributed by atoms with Crippen LogP contribution in [-0.2, 0) is 11.2 Å². The molecule has 104 valence electrons. The number of hydrogen-bond acceptors (Lipinski definition) is 2. The van der Waals surface area contributed by atoms with E-state index in [4.69, 9.17) is 5.73 Å². The minimum atomic E-state index is -0.431. The molecular formula is C16H24N2O. The zero-order chi connectivity index (χ0) is 14.3. The van der Waals surface area contributed by atoms with Gasteiger partial charge in [-0.2, -0.15) is 0 Å². The number of rotatable bonds is 7. The van der Waals surface area contributed by atoms with E-state index in [0.29, 0.717) is 19.5 Å². The van der Waals surface area contributed by atoms with Crippen LogP contribution >= 0.6 is 0 Å². The van der Waals surface area contributed by atoms with E-state index in [1.807, 2.05) is 32.0 Å². The highest BCUT2D eigenvalue weighted by Gasteiger charge is 2.19. The molecular weight excluding hydrogens is 236 g/mol. The van der Waals surface area contributed by atoms with E-state index in [9.17, 15) is 4.79 Å². The third-order valence-corrected chi connectivity index (χ3v) is 3.06. The zero-order valence-electron chi connectivity index (χ0n) is 11.9. The third-order valence-electron chi connectivity index (χ3n) is 3.06. The van der Waals surface area contributed by atoms with Gasteiger partial charge in [0.1, 0.15) is 0 Å².